The smallest absolute Gasteiger partial charge is 0.221 e. The number of pyridine rings is 2. The molecule has 2 rings (SSSR count). The maximum Gasteiger partial charge on any atom is 0.221 e. The van der Waals surface area contributed by atoms with E-state index >= 15 is 0 Å². The van der Waals surface area contributed by atoms with Crippen molar-refractivity contribution in [2.75, 3.05) is 7.11 Å². The number of aliphatic hydroxyl groups excluding tert-OH is 1. The number of aliphatic hydroxyl groups is 1. The van der Waals surface area contributed by atoms with Crippen molar-refractivity contribution in [1.29, 1.82) is 0 Å². The lowest BCUT2D eigenvalue weighted by Crippen LogP contribution is -1.94. The minimum atomic E-state index is -0.0667. The summed E-state index contributed by atoms with van der Waals surface area (Å²) in [5.41, 5.74) is 2.35. The lowest BCUT2D eigenvalue weighted by Gasteiger charge is -2.09. The molecule has 0 saturated heterocycles. The van der Waals surface area contributed by atoms with Gasteiger partial charge in [-0.2, -0.15) is 0 Å². The maximum absolute atomic E-state index is 9.11. The first-order valence-corrected chi connectivity index (χ1v) is 5.38. The molecule has 5 heteroatoms. The lowest BCUT2D eigenvalue weighted by atomic mass is 10.1. The molecule has 0 aliphatic carbocycles. The van der Waals surface area contributed by atoms with Crippen LogP contribution in [-0.4, -0.2) is 22.2 Å². The van der Waals surface area contributed by atoms with E-state index in [4.69, 9.17) is 21.4 Å². The second-order valence-corrected chi connectivity index (χ2v) is 3.81. The fourth-order valence-corrected chi connectivity index (χ4v) is 1.70. The first-order chi connectivity index (χ1) is 8.24. The molecule has 88 valence electrons. The quantitative estimate of drug-likeness (QED) is 0.850. The molecule has 0 spiro atoms. The maximum atomic E-state index is 9.11. The lowest BCUT2D eigenvalue weighted by molar-refractivity contribution is 0.281. The minimum absolute atomic E-state index is 0.0667. The van der Waals surface area contributed by atoms with E-state index < -0.39 is 0 Å². The molecule has 0 bridgehead atoms. The van der Waals surface area contributed by atoms with Crippen LogP contribution in [0.25, 0.3) is 11.1 Å². The Labute approximate surface area is 104 Å². The van der Waals surface area contributed by atoms with Crippen molar-refractivity contribution in [3.8, 4) is 17.0 Å². The summed E-state index contributed by atoms with van der Waals surface area (Å²) in [4.78, 5) is 8.05. The van der Waals surface area contributed by atoms with E-state index in [0.29, 0.717) is 16.6 Å². The molecule has 0 aliphatic rings. The van der Waals surface area contributed by atoms with Crippen LogP contribution < -0.4 is 4.74 Å². The number of halogens is 1. The average molecular weight is 251 g/mol. The molecule has 0 saturated carbocycles. The number of aromatic nitrogens is 2. The van der Waals surface area contributed by atoms with E-state index in [0.717, 1.165) is 11.1 Å². The highest BCUT2D eigenvalue weighted by atomic mass is 35.5. The highest BCUT2D eigenvalue weighted by Crippen LogP contribution is 2.29. The van der Waals surface area contributed by atoms with Gasteiger partial charge in [0, 0.05) is 18.0 Å². The number of methoxy groups -OCH3 is 1. The van der Waals surface area contributed by atoms with Crippen molar-refractivity contribution in [3.05, 3.63) is 41.3 Å². The van der Waals surface area contributed by atoms with Gasteiger partial charge >= 0.3 is 0 Å². The summed E-state index contributed by atoms with van der Waals surface area (Å²) in [5, 5.41) is 9.51. The van der Waals surface area contributed by atoms with Gasteiger partial charge in [-0.15, -0.1) is 0 Å². The van der Waals surface area contributed by atoms with Crippen LogP contribution in [0.2, 0.25) is 5.15 Å². The zero-order valence-corrected chi connectivity index (χ0v) is 9.98. The van der Waals surface area contributed by atoms with Gasteiger partial charge in [-0.3, -0.25) is 0 Å². The van der Waals surface area contributed by atoms with Gasteiger partial charge in [-0.1, -0.05) is 11.6 Å². The third-order valence-electron chi connectivity index (χ3n) is 2.32. The summed E-state index contributed by atoms with van der Waals surface area (Å²) < 4.78 is 5.18. The zero-order chi connectivity index (χ0) is 12.3. The van der Waals surface area contributed by atoms with E-state index in [9.17, 15) is 0 Å². The molecule has 17 heavy (non-hydrogen) atoms. The van der Waals surface area contributed by atoms with Crippen molar-refractivity contribution in [2.24, 2.45) is 0 Å². The largest absolute Gasteiger partial charge is 0.481 e. The first kappa shape index (κ1) is 11.8. The molecule has 2 heterocycles. The summed E-state index contributed by atoms with van der Waals surface area (Å²) >= 11 is 5.84. The Hall–Kier alpha value is -1.65. The topological polar surface area (TPSA) is 55.2 Å². The van der Waals surface area contributed by atoms with E-state index in [1.54, 1.807) is 25.6 Å². The van der Waals surface area contributed by atoms with Crippen LogP contribution >= 0.6 is 11.6 Å². The fraction of sp³-hybridized carbons (Fsp3) is 0.167. The van der Waals surface area contributed by atoms with Crippen molar-refractivity contribution < 1.29 is 9.84 Å². The third kappa shape index (κ3) is 2.54. The predicted molar refractivity (Wildman–Crippen MR) is 65.0 cm³/mol. The Balaban J connectivity index is 2.56. The van der Waals surface area contributed by atoms with Gasteiger partial charge < -0.3 is 9.84 Å². The first-order valence-electron chi connectivity index (χ1n) is 5.00. The van der Waals surface area contributed by atoms with Crippen LogP contribution in [0, 0.1) is 0 Å². The molecule has 0 unspecified atom stereocenters. The Morgan fingerprint density at radius 2 is 2.18 bits per heavy atom. The number of rotatable bonds is 3. The highest BCUT2D eigenvalue weighted by Gasteiger charge is 2.09. The van der Waals surface area contributed by atoms with Gasteiger partial charge in [0.25, 0.3) is 0 Å². The molecule has 0 amide bonds. The summed E-state index contributed by atoms with van der Waals surface area (Å²) in [6, 6.07) is 5.35. The second kappa shape index (κ2) is 5.12. The van der Waals surface area contributed by atoms with Crippen LogP contribution in [-0.2, 0) is 6.61 Å². The van der Waals surface area contributed by atoms with E-state index in [2.05, 4.69) is 9.97 Å². The molecule has 0 aliphatic heterocycles. The molecule has 0 radical (unpaired) electrons. The van der Waals surface area contributed by atoms with E-state index in [1.165, 1.54) is 0 Å². The Morgan fingerprint density at radius 1 is 1.35 bits per heavy atom. The van der Waals surface area contributed by atoms with Crippen molar-refractivity contribution >= 4 is 11.6 Å². The summed E-state index contributed by atoms with van der Waals surface area (Å²) in [6.07, 6.45) is 3.19. The van der Waals surface area contributed by atoms with E-state index in [1.807, 2.05) is 12.1 Å². The zero-order valence-electron chi connectivity index (χ0n) is 9.22. The number of hydrogen-bond acceptors (Lipinski definition) is 4. The van der Waals surface area contributed by atoms with Gasteiger partial charge in [0.15, 0.2) is 0 Å². The van der Waals surface area contributed by atoms with E-state index in [-0.39, 0.29) is 6.61 Å². The summed E-state index contributed by atoms with van der Waals surface area (Å²) in [6.45, 7) is -0.0667. The normalized spacial score (nSPS) is 10.3. The summed E-state index contributed by atoms with van der Waals surface area (Å²) in [5.74, 6) is 0.490. The average Bonchev–Trinajstić information content (AvgIpc) is 2.38. The van der Waals surface area contributed by atoms with Crippen molar-refractivity contribution in [3.63, 3.8) is 0 Å². The molecule has 0 aromatic carbocycles. The highest BCUT2D eigenvalue weighted by molar-refractivity contribution is 6.29. The molecular formula is C12H11ClN2O2. The standard InChI is InChI=1S/C12H11ClN2O2/c1-17-12-10(4-8(7-16)6-15-12)9-2-3-14-11(13)5-9/h2-6,16H,7H2,1H3. The molecule has 0 fully saturated rings. The molecule has 0 atom stereocenters. The Bertz CT molecular complexity index is 532. The monoisotopic (exact) mass is 250 g/mol. The molecule has 2 aromatic heterocycles. The number of ether oxygens (including phenoxy) is 1. The van der Waals surface area contributed by atoms with Crippen LogP contribution in [0.15, 0.2) is 30.6 Å². The third-order valence-corrected chi connectivity index (χ3v) is 2.53. The fourth-order valence-electron chi connectivity index (χ4n) is 1.52. The second-order valence-electron chi connectivity index (χ2n) is 3.43. The van der Waals surface area contributed by atoms with Gasteiger partial charge in [0.05, 0.1) is 13.7 Å². The van der Waals surface area contributed by atoms with Gasteiger partial charge in [-0.05, 0) is 29.3 Å². The predicted octanol–water partition coefficient (Wildman–Crippen LogP) is 2.30. The molecule has 1 N–H and O–H groups in total. The number of nitrogens with zero attached hydrogens (tertiary/aromatic N) is 2. The summed E-state index contributed by atoms with van der Waals surface area (Å²) in [7, 11) is 1.55. The van der Waals surface area contributed by atoms with Crippen LogP contribution in [0.3, 0.4) is 0 Å². The van der Waals surface area contributed by atoms with Gasteiger partial charge in [0.1, 0.15) is 5.15 Å². The number of hydrogen-bond donors (Lipinski definition) is 1. The Kier molecular flexibility index (Phi) is 3.56. The van der Waals surface area contributed by atoms with Crippen LogP contribution in [0.4, 0.5) is 0 Å². The molecule has 4 nitrogen and oxygen atoms in total. The Morgan fingerprint density at radius 3 is 2.82 bits per heavy atom. The van der Waals surface area contributed by atoms with Gasteiger partial charge in [-0.25, -0.2) is 9.97 Å². The van der Waals surface area contributed by atoms with Crippen molar-refractivity contribution in [2.45, 2.75) is 6.61 Å². The van der Waals surface area contributed by atoms with Crippen LogP contribution in [0.1, 0.15) is 5.56 Å². The van der Waals surface area contributed by atoms with Crippen LogP contribution in [0.5, 0.6) is 5.88 Å². The van der Waals surface area contributed by atoms with Crippen molar-refractivity contribution in [1.82, 2.24) is 9.97 Å². The van der Waals surface area contributed by atoms with Gasteiger partial charge in [0.2, 0.25) is 5.88 Å². The molecular weight excluding hydrogens is 240 g/mol. The SMILES string of the molecule is COc1ncc(CO)cc1-c1ccnc(Cl)c1. The molecule has 2 aromatic rings. The minimum Gasteiger partial charge on any atom is -0.481 e.